The standard InChI is InChI=1S/C24H22N4O3/c29-22-12-20(26-24(27-22)19-8-3-4-10-25-19)16-6-5-11-28(13-16)14-17-15-31-21-9-2-1-7-18(21)23(17)30/h1-4,7-10,12,15-16H,5-6,11,13-14H2,(H,26,27,29)/t16-/m1/s1. The molecule has 0 unspecified atom stereocenters. The number of benzene rings is 1. The molecule has 1 aliphatic heterocycles. The number of rotatable bonds is 4. The highest BCUT2D eigenvalue weighted by molar-refractivity contribution is 5.76. The Kier molecular flexibility index (Phi) is 5.18. The first-order chi connectivity index (χ1) is 15.2. The van der Waals surface area contributed by atoms with Crippen molar-refractivity contribution in [2.45, 2.75) is 25.3 Å². The third kappa shape index (κ3) is 4.04. The minimum Gasteiger partial charge on any atom is -0.464 e. The molecule has 4 heterocycles. The van der Waals surface area contributed by atoms with Crippen molar-refractivity contribution >= 4 is 11.0 Å². The van der Waals surface area contributed by atoms with Crippen molar-refractivity contribution in [1.82, 2.24) is 19.9 Å². The van der Waals surface area contributed by atoms with Gasteiger partial charge in [-0.15, -0.1) is 0 Å². The molecule has 5 rings (SSSR count). The molecule has 1 saturated heterocycles. The lowest BCUT2D eigenvalue weighted by molar-refractivity contribution is 0.197. The fourth-order valence-corrected chi connectivity index (χ4v) is 4.22. The van der Waals surface area contributed by atoms with Gasteiger partial charge in [0.25, 0.3) is 5.56 Å². The lowest BCUT2D eigenvalue weighted by Gasteiger charge is -2.32. The Morgan fingerprint density at radius 3 is 2.87 bits per heavy atom. The maximum Gasteiger partial charge on any atom is 0.251 e. The van der Waals surface area contributed by atoms with Crippen molar-refractivity contribution in [3.8, 4) is 11.5 Å². The topological polar surface area (TPSA) is 92.1 Å². The maximum atomic E-state index is 12.8. The SMILES string of the molecule is O=c1cc([C@@H]2CCCN(Cc3coc4ccccc4c3=O)C2)nc(-c2ccccn2)[nH]1. The van der Waals surface area contributed by atoms with E-state index < -0.39 is 0 Å². The van der Waals surface area contributed by atoms with Crippen molar-refractivity contribution in [1.29, 1.82) is 0 Å². The van der Waals surface area contributed by atoms with Gasteiger partial charge in [0.2, 0.25) is 0 Å². The molecule has 1 N–H and O–H groups in total. The van der Waals surface area contributed by atoms with Crippen molar-refractivity contribution in [3.05, 3.63) is 92.8 Å². The number of hydrogen-bond donors (Lipinski definition) is 1. The van der Waals surface area contributed by atoms with Crippen molar-refractivity contribution in [2.24, 2.45) is 0 Å². The zero-order valence-corrected chi connectivity index (χ0v) is 17.0. The van der Waals surface area contributed by atoms with Gasteiger partial charge in [0.1, 0.15) is 11.3 Å². The van der Waals surface area contributed by atoms with Crippen LogP contribution in [-0.4, -0.2) is 32.9 Å². The van der Waals surface area contributed by atoms with Gasteiger partial charge in [-0.25, -0.2) is 4.98 Å². The monoisotopic (exact) mass is 414 g/mol. The van der Waals surface area contributed by atoms with E-state index in [-0.39, 0.29) is 16.9 Å². The highest BCUT2D eigenvalue weighted by atomic mass is 16.3. The van der Waals surface area contributed by atoms with Gasteiger partial charge in [0, 0.05) is 36.8 Å². The molecule has 156 valence electrons. The smallest absolute Gasteiger partial charge is 0.251 e. The molecule has 1 aromatic carbocycles. The molecule has 7 nitrogen and oxygen atoms in total. The van der Waals surface area contributed by atoms with E-state index in [4.69, 9.17) is 9.40 Å². The van der Waals surface area contributed by atoms with Crippen LogP contribution < -0.4 is 11.0 Å². The average Bonchev–Trinajstić information content (AvgIpc) is 2.81. The lowest BCUT2D eigenvalue weighted by Crippen LogP contribution is -2.36. The number of nitrogens with one attached hydrogen (secondary N) is 1. The minimum absolute atomic E-state index is 0.00990. The van der Waals surface area contributed by atoms with Crippen molar-refractivity contribution in [2.75, 3.05) is 13.1 Å². The summed E-state index contributed by atoms with van der Waals surface area (Å²) in [6.07, 6.45) is 5.16. The Labute approximate surface area is 178 Å². The number of hydrogen-bond acceptors (Lipinski definition) is 6. The molecule has 0 bridgehead atoms. The Balaban J connectivity index is 1.39. The second-order valence-electron chi connectivity index (χ2n) is 7.89. The van der Waals surface area contributed by atoms with Crippen LogP contribution in [0.15, 0.2) is 75.0 Å². The second-order valence-corrected chi connectivity index (χ2v) is 7.89. The summed E-state index contributed by atoms with van der Waals surface area (Å²) in [6.45, 7) is 2.13. The Morgan fingerprint density at radius 1 is 1.13 bits per heavy atom. The molecule has 1 fully saturated rings. The maximum absolute atomic E-state index is 12.8. The first-order valence-electron chi connectivity index (χ1n) is 10.4. The molecule has 7 heteroatoms. The number of fused-ring (bicyclic) bond motifs is 1. The van der Waals surface area contributed by atoms with Gasteiger partial charge >= 0.3 is 0 Å². The van der Waals surface area contributed by atoms with E-state index in [2.05, 4.69) is 14.9 Å². The number of pyridine rings is 1. The van der Waals surface area contributed by atoms with E-state index >= 15 is 0 Å². The molecule has 0 saturated carbocycles. The van der Waals surface area contributed by atoms with Crippen LogP contribution >= 0.6 is 0 Å². The van der Waals surface area contributed by atoms with Crippen LogP contribution in [0.3, 0.4) is 0 Å². The summed E-state index contributed by atoms with van der Waals surface area (Å²) < 4.78 is 5.67. The zero-order chi connectivity index (χ0) is 21.2. The fourth-order valence-electron chi connectivity index (χ4n) is 4.22. The quantitative estimate of drug-likeness (QED) is 0.551. The highest BCUT2D eigenvalue weighted by Crippen LogP contribution is 2.27. The van der Waals surface area contributed by atoms with E-state index in [9.17, 15) is 9.59 Å². The molecule has 1 atom stereocenters. The summed E-state index contributed by atoms with van der Waals surface area (Å²) in [5, 5.41) is 0.602. The number of nitrogens with zero attached hydrogens (tertiary/aromatic N) is 3. The summed E-state index contributed by atoms with van der Waals surface area (Å²) in [6, 6.07) is 14.4. The average molecular weight is 414 g/mol. The van der Waals surface area contributed by atoms with Gasteiger partial charge in [0.15, 0.2) is 11.3 Å². The van der Waals surface area contributed by atoms with Gasteiger partial charge in [0.05, 0.1) is 17.3 Å². The molecule has 4 aromatic rings. The molecule has 0 aliphatic carbocycles. The summed E-state index contributed by atoms with van der Waals surface area (Å²) in [7, 11) is 0. The summed E-state index contributed by atoms with van der Waals surface area (Å²) in [4.78, 5) is 39.1. The third-order valence-corrected chi connectivity index (χ3v) is 5.74. The van der Waals surface area contributed by atoms with E-state index in [1.54, 1.807) is 30.7 Å². The van der Waals surface area contributed by atoms with Gasteiger partial charge in [-0.05, 0) is 43.7 Å². The molecular weight excluding hydrogens is 392 g/mol. The van der Waals surface area contributed by atoms with Crippen LogP contribution in [-0.2, 0) is 6.54 Å². The van der Waals surface area contributed by atoms with Crippen LogP contribution in [0.5, 0.6) is 0 Å². The lowest BCUT2D eigenvalue weighted by atomic mass is 9.94. The predicted octanol–water partition coefficient (Wildman–Crippen LogP) is 3.32. The zero-order valence-electron chi connectivity index (χ0n) is 17.0. The van der Waals surface area contributed by atoms with Crippen molar-refractivity contribution in [3.63, 3.8) is 0 Å². The van der Waals surface area contributed by atoms with Crippen LogP contribution in [0.1, 0.15) is 30.0 Å². The minimum atomic E-state index is -0.182. The molecule has 31 heavy (non-hydrogen) atoms. The number of piperidine rings is 1. The third-order valence-electron chi connectivity index (χ3n) is 5.74. The number of aromatic nitrogens is 3. The van der Waals surface area contributed by atoms with Gasteiger partial charge < -0.3 is 9.40 Å². The van der Waals surface area contributed by atoms with Crippen LogP contribution in [0, 0.1) is 0 Å². The Morgan fingerprint density at radius 2 is 2.00 bits per heavy atom. The molecule has 1 aliphatic rings. The first-order valence-corrected chi connectivity index (χ1v) is 10.4. The van der Waals surface area contributed by atoms with E-state index in [1.165, 1.54) is 0 Å². The first kappa shape index (κ1) is 19.4. The fraction of sp³-hybridized carbons (Fsp3) is 0.250. The number of likely N-dealkylation sites (tertiary alicyclic amines) is 1. The van der Waals surface area contributed by atoms with Crippen LogP contribution in [0.25, 0.3) is 22.5 Å². The number of aromatic amines is 1. The van der Waals surface area contributed by atoms with Gasteiger partial charge in [-0.2, -0.15) is 0 Å². The van der Waals surface area contributed by atoms with Crippen LogP contribution in [0.4, 0.5) is 0 Å². The normalized spacial score (nSPS) is 17.1. The second kappa shape index (κ2) is 8.28. The largest absolute Gasteiger partial charge is 0.464 e. The molecular formula is C24H22N4O3. The predicted molar refractivity (Wildman–Crippen MR) is 118 cm³/mol. The highest BCUT2D eigenvalue weighted by Gasteiger charge is 2.24. The summed E-state index contributed by atoms with van der Waals surface area (Å²) in [5.74, 6) is 0.599. The summed E-state index contributed by atoms with van der Waals surface area (Å²) >= 11 is 0. The number of H-pyrrole nitrogens is 1. The molecule has 0 radical (unpaired) electrons. The summed E-state index contributed by atoms with van der Waals surface area (Å²) in [5.41, 5.74) is 2.48. The Bertz CT molecular complexity index is 1330. The van der Waals surface area contributed by atoms with Crippen LogP contribution in [0.2, 0.25) is 0 Å². The van der Waals surface area contributed by atoms with Crippen molar-refractivity contribution < 1.29 is 4.42 Å². The molecule has 0 amide bonds. The molecule has 3 aromatic heterocycles. The molecule has 0 spiro atoms. The van der Waals surface area contributed by atoms with E-state index in [0.29, 0.717) is 34.6 Å². The van der Waals surface area contributed by atoms with Gasteiger partial charge in [-0.3, -0.25) is 19.5 Å². The van der Waals surface area contributed by atoms with E-state index in [1.807, 2.05) is 30.3 Å². The Hall–Kier alpha value is -3.58. The van der Waals surface area contributed by atoms with E-state index in [0.717, 1.165) is 31.6 Å². The van der Waals surface area contributed by atoms with Gasteiger partial charge in [-0.1, -0.05) is 18.2 Å². The number of para-hydroxylation sites is 1.